The van der Waals surface area contributed by atoms with Gasteiger partial charge in [0, 0.05) is 17.2 Å². The lowest BCUT2D eigenvalue weighted by molar-refractivity contribution is 0.0925. The zero-order valence-corrected chi connectivity index (χ0v) is 18.2. The number of carbonyl (C=O) groups excluding carboxylic acids is 1. The Morgan fingerprint density at radius 1 is 1.03 bits per heavy atom. The fourth-order valence-corrected chi connectivity index (χ4v) is 4.42. The number of amides is 1. The van der Waals surface area contributed by atoms with Gasteiger partial charge in [-0.1, -0.05) is 24.3 Å². The Morgan fingerprint density at radius 3 is 2.48 bits per heavy atom. The number of nitrogens with zero attached hydrogens (tertiary/aromatic N) is 2. The van der Waals surface area contributed by atoms with Crippen molar-refractivity contribution in [2.75, 3.05) is 11.3 Å². The predicted octanol–water partition coefficient (Wildman–Crippen LogP) is 3.07. The third-order valence-corrected chi connectivity index (χ3v) is 6.26. The van der Waals surface area contributed by atoms with Crippen LogP contribution in [0, 0.1) is 13.8 Å². The molecule has 1 amide bonds. The van der Waals surface area contributed by atoms with Crippen molar-refractivity contribution in [3.8, 4) is 17.1 Å². The second kappa shape index (κ2) is 7.99. The van der Waals surface area contributed by atoms with E-state index in [9.17, 15) is 13.2 Å². The van der Waals surface area contributed by atoms with E-state index in [1.165, 1.54) is 18.2 Å². The van der Waals surface area contributed by atoms with Crippen LogP contribution < -0.4 is 14.8 Å². The van der Waals surface area contributed by atoms with Gasteiger partial charge in [-0.05, 0) is 50.1 Å². The molecular formula is C22H22N4O4S. The van der Waals surface area contributed by atoms with Gasteiger partial charge in [-0.3, -0.25) is 4.79 Å². The van der Waals surface area contributed by atoms with Crippen molar-refractivity contribution in [3.05, 3.63) is 65.2 Å². The zero-order valence-electron chi connectivity index (χ0n) is 17.3. The van der Waals surface area contributed by atoms with Gasteiger partial charge < -0.3 is 10.1 Å². The number of benzene rings is 2. The van der Waals surface area contributed by atoms with Crippen LogP contribution in [0.2, 0.25) is 0 Å². The Hall–Kier alpha value is -3.46. The summed E-state index contributed by atoms with van der Waals surface area (Å²) in [5.74, 6) is -0.287. The first-order valence-corrected chi connectivity index (χ1v) is 11.2. The largest absolute Gasteiger partial charge is 0.475 e. The van der Waals surface area contributed by atoms with Gasteiger partial charge in [0.2, 0.25) is 11.8 Å². The molecule has 1 atom stereocenters. The van der Waals surface area contributed by atoms with Gasteiger partial charge >= 0.3 is 0 Å². The highest BCUT2D eigenvalue weighted by Crippen LogP contribution is 2.29. The van der Waals surface area contributed by atoms with Gasteiger partial charge in [-0.25, -0.2) is 18.1 Å². The van der Waals surface area contributed by atoms with Crippen molar-refractivity contribution in [3.63, 3.8) is 0 Å². The molecule has 1 aliphatic rings. The molecule has 0 aliphatic carbocycles. The highest BCUT2D eigenvalue weighted by Gasteiger charge is 2.21. The predicted molar refractivity (Wildman–Crippen MR) is 117 cm³/mol. The van der Waals surface area contributed by atoms with Crippen molar-refractivity contribution < 1.29 is 17.9 Å². The molecule has 0 unspecified atom stereocenters. The Morgan fingerprint density at radius 2 is 1.74 bits per heavy atom. The monoisotopic (exact) mass is 438 g/mol. The van der Waals surface area contributed by atoms with Gasteiger partial charge in [-0.15, -0.1) is 0 Å². The van der Waals surface area contributed by atoms with E-state index in [0.717, 1.165) is 16.7 Å². The molecule has 0 saturated carbocycles. The van der Waals surface area contributed by atoms with Crippen LogP contribution in [-0.2, 0) is 10.0 Å². The lowest BCUT2D eigenvalue weighted by Gasteiger charge is -2.16. The number of rotatable bonds is 1. The molecule has 0 spiro atoms. The standard InChI is InChI=1S/C22H22N4O4S/c1-13-6-4-7-14(2)20(13)18-11-19-25-22(24-18)26-31(28,29)17-9-5-8-16(10-17)21(27)23-15(3)12-30-19/h4-11,15H,12H2,1-3H3,(H,23,27)(H,24,25,26)/t15-/m0/s1. The summed E-state index contributed by atoms with van der Waals surface area (Å²) in [7, 11) is -4.03. The molecule has 4 rings (SSSR count). The third kappa shape index (κ3) is 4.36. The minimum absolute atomic E-state index is 0.0596. The van der Waals surface area contributed by atoms with E-state index in [0.29, 0.717) is 5.69 Å². The molecule has 2 N–H and O–H groups in total. The molecule has 31 heavy (non-hydrogen) atoms. The lowest BCUT2D eigenvalue weighted by atomic mass is 10.00. The van der Waals surface area contributed by atoms with E-state index >= 15 is 0 Å². The first-order valence-electron chi connectivity index (χ1n) is 9.75. The molecule has 2 heterocycles. The smallest absolute Gasteiger partial charge is 0.264 e. The Labute approximate surface area is 180 Å². The van der Waals surface area contributed by atoms with Crippen molar-refractivity contribution in [1.82, 2.24) is 15.3 Å². The van der Waals surface area contributed by atoms with Crippen LogP contribution in [0.25, 0.3) is 11.3 Å². The highest BCUT2D eigenvalue weighted by atomic mass is 32.2. The number of sulfonamides is 1. The Kier molecular flexibility index (Phi) is 5.36. The first kappa shape index (κ1) is 20.8. The molecular weight excluding hydrogens is 416 g/mol. The maximum Gasteiger partial charge on any atom is 0.264 e. The normalized spacial score (nSPS) is 17.8. The van der Waals surface area contributed by atoms with Crippen molar-refractivity contribution >= 4 is 21.9 Å². The van der Waals surface area contributed by atoms with Crippen LogP contribution in [0.4, 0.5) is 5.95 Å². The SMILES string of the molecule is Cc1cccc(C)c1-c1cc2nc(n1)NS(=O)(=O)c1cccc(c1)C(=O)N[C@@H](C)CO2. The molecule has 4 bridgehead atoms. The number of nitrogens with one attached hydrogen (secondary N) is 2. The number of ether oxygens (including phenoxy) is 1. The van der Waals surface area contributed by atoms with Crippen molar-refractivity contribution in [1.29, 1.82) is 0 Å². The molecule has 160 valence electrons. The molecule has 1 aromatic heterocycles. The van der Waals surface area contributed by atoms with Crippen LogP contribution in [0.5, 0.6) is 5.88 Å². The summed E-state index contributed by atoms with van der Waals surface area (Å²) in [5.41, 5.74) is 3.63. The Bertz CT molecular complexity index is 1250. The maximum absolute atomic E-state index is 13.0. The minimum atomic E-state index is -4.03. The summed E-state index contributed by atoms with van der Waals surface area (Å²) >= 11 is 0. The topological polar surface area (TPSA) is 110 Å². The van der Waals surface area contributed by atoms with E-state index in [-0.39, 0.29) is 40.8 Å². The van der Waals surface area contributed by atoms with E-state index in [1.807, 2.05) is 32.0 Å². The molecule has 2 aromatic carbocycles. The van der Waals surface area contributed by atoms with Crippen LogP contribution in [-0.4, -0.2) is 36.9 Å². The third-order valence-electron chi connectivity index (χ3n) is 4.93. The molecule has 9 heteroatoms. The quantitative estimate of drug-likeness (QED) is 0.604. The lowest BCUT2D eigenvalue weighted by Crippen LogP contribution is -2.36. The number of hydrogen-bond acceptors (Lipinski definition) is 6. The number of hydrogen-bond donors (Lipinski definition) is 2. The number of carbonyl (C=O) groups is 1. The first-order chi connectivity index (χ1) is 14.7. The van der Waals surface area contributed by atoms with Gasteiger partial charge in [0.05, 0.1) is 16.6 Å². The van der Waals surface area contributed by atoms with E-state index in [2.05, 4.69) is 20.0 Å². The summed E-state index contributed by atoms with van der Waals surface area (Å²) in [6, 6.07) is 13.0. The Balaban J connectivity index is 1.87. The van der Waals surface area contributed by atoms with Crippen LogP contribution >= 0.6 is 0 Å². The molecule has 3 aromatic rings. The van der Waals surface area contributed by atoms with Gasteiger partial charge in [0.15, 0.2) is 0 Å². The number of aryl methyl sites for hydroxylation is 2. The second-order valence-corrected chi connectivity index (χ2v) is 9.18. The summed E-state index contributed by atoms with van der Waals surface area (Å²) in [4.78, 5) is 21.1. The van der Waals surface area contributed by atoms with Gasteiger partial charge in [0.25, 0.3) is 15.9 Å². The van der Waals surface area contributed by atoms with Crippen molar-refractivity contribution in [2.45, 2.75) is 31.7 Å². The van der Waals surface area contributed by atoms with Crippen molar-refractivity contribution in [2.24, 2.45) is 0 Å². The van der Waals surface area contributed by atoms with Gasteiger partial charge in [0.1, 0.15) is 6.61 Å². The molecule has 0 radical (unpaired) electrons. The van der Waals surface area contributed by atoms with Crippen LogP contribution in [0.3, 0.4) is 0 Å². The minimum Gasteiger partial charge on any atom is -0.475 e. The van der Waals surface area contributed by atoms with E-state index < -0.39 is 10.0 Å². The number of fused-ring (bicyclic) bond motifs is 4. The van der Waals surface area contributed by atoms with Gasteiger partial charge in [-0.2, -0.15) is 4.98 Å². The highest BCUT2D eigenvalue weighted by molar-refractivity contribution is 7.92. The number of aromatic nitrogens is 2. The zero-order chi connectivity index (χ0) is 22.2. The van der Waals surface area contributed by atoms with E-state index in [4.69, 9.17) is 4.74 Å². The van der Waals surface area contributed by atoms with Crippen LogP contribution in [0.15, 0.2) is 53.4 Å². The van der Waals surface area contributed by atoms with Crippen LogP contribution in [0.1, 0.15) is 28.4 Å². The summed E-state index contributed by atoms with van der Waals surface area (Å²) < 4.78 is 34.1. The average molecular weight is 439 g/mol. The molecule has 0 saturated heterocycles. The summed E-state index contributed by atoms with van der Waals surface area (Å²) in [6.07, 6.45) is 0. The maximum atomic E-state index is 13.0. The molecule has 1 aliphatic heterocycles. The number of anilines is 1. The fraction of sp³-hybridized carbons (Fsp3) is 0.227. The average Bonchev–Trinajstić information content (AvgIpc) is 2.71. The second-order valence-electron chi connectivity index (χ2n) is 7.50. The fourth-order valence-electron chi connectivity index (χ4n) is 3.43. The summed E-state index contributed by atoms with van der Waals surface area (Å²) in [6.45, 7) is 5.87. The summed E-state index contributed by atoms with van der Waals surface area (Å²) in [5, 5.41) is 2.80. The molecule has 8 nitrogen and oxygen atoms in total. The van der Waals surface area contributed by atoms with E-state index in [1.54, 1.807) is 19.1 Å². The molecule has 0 fully saturated rings.